The Hall–Kier alpha value is -2.60. The topological polar surface area (TPSA) is 96.6 Å². The van der Waals surface area contributed by atoms with Gasteiger partial charge in [-0.3, -0.25) is 4.79 Å². The molecule has 6 nitrogen and oxygen atoms in total. The second-order valence-corrected chi connectivity index (χ2v) is 4.20. The second-order valence-electron chi connectivity index (χ2n) is 3.80. The number of nitrogens with one attached hydrogen (secondary N) is 1. The van der Waals surface area contributed by atoms with Gasteiger partial charge in [0.2, 0.25) is 0 Å². The first-order valence-electron chi connectivity index (χ1n) is 5.40. The quantitative estimate of drug-likeness (QED) is 0.904. The summed E-state index contributed by atoms with van der Waals surface area (Å²) in [6, 6.07) is 6.34. The molecule has 0 aliphatic carbocycles. The summed E-state index contributed by atoms with van der Waals surface area (Å²) in [5, 5.41) is 11.4. The number of carboxylic acid groups (broad SMARTS) is 1. The lowest BCUT2D eigenvalue weighted by Gasteiger charge is -2.07. The average molecular weight is 294 g/mol. The molecule has 0 fully saturated rings. The average Bonchev–Trinajstić information content (AvgIpc) is 2.41. The number of carbonyl (C=O) groups is 2. The Kier molecular flexibility index (Phi) is 3.86. The molecule has 0 radical (unpaired) electrons. The molecule has 2 aromatic rings. The molecular formula is C13H8ClNO5. The molecule has 2 rings (SSSR count). The summed E-state index contributed by atoms with van der Waals surface area (Å²) in [5.41, 5.74) is -0.153. The number of halogens is 1. The molecule has 0 aliphatic rings. The van der Waals surface area contributed by atoms with Gasteiger partial charge in [0.25, 0.3) is 5.91 Å². The summed E-state index contributed by atoms with van der Waals surface area (Å²) in [5.74, 6) is -1.65. The van der Waals surface area contributed by atoms with Crippen LogP contribution in [-0.4, -0.2) is 17.0 Å². The summed E-state index contributed by atoms with van der Waals surface area (Å²) in [6.07, 6.45) is 1.02. The Morgan fingerprint density at radius 3 is 2.40 bits per heavy atom. The number of hydrogen-bond donors (Lipinski definition) is 2. The van der Waals surface area contributed by atoms with E-state index in [4.69, 9.17) is 16.7 Å². The number of carbonyl (C=O) groups excluding carboxylic acids is 1. The summed E-state index contributed by atoms with van der Waals surface area (Å²) in [4.78, 5) is 33.4. The molecule has 0 saturated carbocycles. The largest absolute Gasteiger partial charge is 0.478 e. The molecule has 0 unspecified atom stereocenters. The van der Waals surface area contributed by atoms with Gasteiger partial charge in [-0.15, -0.1) is 0 Å². The van der Waals surface area contributed by atoms with Crippen LogP contribution >= 0.6 is 11.6 Å². The minimum absolute atomic E-state index is 0.0127. The molecule has 7 heteroatoms. The lowest BCUT2D eigenvalue weighted by molar-refractivity contribution is 0.0696. The third-order valence-electron chi connectivity index (χ3n) is 2.43. The van der Waals surface area contributed by atoms with Gasteiger partial charge in [-0.2, -0.15) is 0 Å². The van der Waals surface area contributed by atoms with E-state index in [9.17, 15) is 14.4 Å². The highest BCUT2D eigenvalue weighted by Crippen LogP contribution is 2.23. The predicted molar refractivity (Wildman–Crippen MR) is 71.3 cm³/mol. The fourth-order valence-electron chi connectivity index (χ4n) is 1.43. The Morgan fingerprint density at radius 2 is 1.85 bits per heavy atom. The van der Waals surface area contributed by atoms with E-state index >= 15 is 0 Å². The van der Waals surface area contributed by atoms with E-state index in [1.165, 1.54) is 24.3 Å². The zero-order valence-electron chi connectivity index (χ0n) is 9.92. The van der Waals surface area contributed by atoms with Crippen LogP contribution in [0.3, 0.4) is 0 Å². The number of carboxylic acids is 1. The molecule has 1 heterocycles. The third kappa shape index (κ3) is 3.04. The van der Waals surface area contributed by atoms with Crippen molar-refractivity contribution in [3.63, 3.8) is 0 Å². The van der Waals surface area contributed by atoms with E-state index in [-0.39, 0.29) is 21.8 Å². The maximum absolute atomic E-state index is 11.8. The highest BCUT2D eigenvalue weighted by Gasteiger charge is 2.11. The Labute approximate surface area is 117 Å². The summed E-state index contributed by atoms with van der Waals surface area (Å²) in [6.45, 7) is 0. The zero-order chi connectivity index (χ0) is 14.7. The van der Waals surface area contributed by atoms with Gasteiger partial charge in [0.05, 0.1) is 21.8 Å². The summed E-state index contributed by atoms with van der Waals surface area (Å²) < 4.78 is 4.57. The van der Waals surface area contributed by atoms with E-state index in [0.717, 1.165) is 12.3 Å². The smallest absolute Gasteiger partial charge is 0.335 e. The highest BCUT2D eigenvalue weighted by atomic mass is 35.5. The molecular weight excluding hydrogens is 286 g/mol. The predicted octanol–water partition coefficient (Wildman–Crippen LogP) is 2.24. The third-order valence-corrected chi connectivity index (χ3v) is 2.74. The fraction of sp³-hybridized carbons (Fsp3) is 0. The van der Waals surface area contributed by atoms with Crippen molar-refractivity contribution in [1.82, 2.24) is 0 Å². The van der Waals surface area contributed by atoms with Crippen molar-refractivity contribution in [2.24, 2.45) is 0 Å². The summed E-state index contributed by atoms with van der Waals surface area (Å²) >= 11 is 5.88. The van der Waals surface area contributed by atoms with Crippen LogP contribution in [0, 0.1) is 0 Å². The van der Waals surface area contributed by atoms with E-state index in [1.807, 2.05) is 0 Å². The monoisotopic (exact) mass is 293 g/mol. The van der Waals surface area contributed by atoms with Crippen LogP contribution in [0.2, 0.25) is 5.02 Å². The second kappa shape index (κ2) is 5.58. The maximum atomic E-state index is 11.8. The number of anilines is 1. The molecule has 102 valence electrons. The standard InChI is InChI=1S/C13H8ClNO5/c14-9-5-7(13(18)19)1-3-10(9)15-12(17)8-2-4-11(16)20-6-8/h1-6H,(H,15,17)(H,18,19). The van der Waals surface area contributed by atoms with Gasteiger partial charge >= 0.3 is 11.6 Å². The fourth-order valence-corrected chi connectivity index (χ4v) is 1.66. The van der Waals surface area contributed by atoms with Crippen molar-refractivity contribution in [2.45, 2.75) is 0 Å². The van der Waals surface area contributed by atoms with Crippen LogP contribution in [0.4, 0.5) is 5.69 Å². The van der Waals surface area contributed by atoms with Crippen molar-refractivity contribution < 1.29 is 19.1 Å². The first kappa shape index (κ1) is 13.8. The molecule has 0 saturated heterocycles. The van der Waals surface area contributed by atoms with Gasteiger partial charge in [-0.05, 0) is 24.3 Å². The molecule has 0 bridgehead atoms. The van der Waals surface area contributed by atoms with Crippen molar-refractivity contribution >= 4 is 29.2 Å². The van der Waals surface area contributed by atoms with Crippen LogP contribution in [-0.2, 0) is 0 Å². The minimum atomic E-state index is -1.12. The van der Waals surface area contributed by atoms with Crippen molar-refractivity contribution in [1.29, 1.82) is 0 Å². The molecule has 0 spiro atoms. The van der Waals surface area contributed by atoms with E-state index in [2.05, 4.69) is 9.73 Å². The molecule has 1 aromatic heterocycles. The van der Waals surface area contributed by atoms with Gasteiger partial charge in [0.15, 0.2) is 0 Å². The minimum Gasteiger partial charge on any atom is -0.478 e. The van der Waals surface area contributed by atoms with Gasteiger partial charge in [-0.25, -0.2) is 9.59 Å². The van der Waals surface area contributed by atoms with Crippen LogP contribution in [0.5, 0.6) is 0 Å². The number of hydrogen-bond acceptors (Lipinski definition) is 4. The Bertz CT molecular complexity index is 717. The van der Waals surface area contributed by atoms with E-state index in [1.54, 1.807) is 0 Å². The highest BCUT2D eigenvalue weighted by molar-refractivity contribution is 6.34. The SMILES string of the molecule is O=C(O)c1ccc(NC(=O)c2ccc(=O)oc2)c(Cl)c1. The lowest BCUT2D eigenvalue weighted by Crippen LogP contribution is -2.13. The molecule has 1 amide bonds. The molecule has 0 aliphatic heterocycles. The van der Waals surface area contributed by atoms with Crippen LogP contribution in [0.15, 0.2) is 45.8 Å². The van der Waals surface area contributed by atoms with Gasteiger partial charge in [-0.1, -0.05) is 11.6 Å². The maximum Gasteiger partial charge on any atom is 0.335 e. The van der Waals surface area contributed by atoms with Crippen molar-refractivity contribution in [3.8, 4) is 0 Å². The normalized spacial score (nSPS) is 10.1. The number of aromatic carboxylic acids is 1. The molecule has 1 aromatic carbocycles. The van der Waals surface area contributed by atoms with Crippen LogP contribution in [0.25, 0.3) is 0 Å². The van der Waals surface area contributed by atoms with Crippen LogP contribution in [0.1, 0.15) is 20.7 Å². The molecule has 20 heavy (non-hydrogen) atoms. The first-order valence-corrected chi connectivity index (χ1v) is 5.78. The van der Waals surface area contributed by atoms with Gasteiger partial charge < -0.3 is 14.8 Å². The van der Waals surface area contributed by atoms with Crippen molar-refractivity contribution in [2.75, 3.05) is 5.32 Å². The van der Waals surface area contributed by atoms with Gasteiger partial charge in [0, 0.05) is 6.07 Å². The Morgan fingerprint density at radius 1 is 1.15 bits per heavy atom. The molecule has 0 atom stereocenters. The number of rotatable bonds is 3. The van der Waals surface area contributed by atoms with E-state index < -0.39 is 17.5 Å². The van der Waals surface area contributed by atoms with Gasteiger partial charge in [0.1, 0.15) is 6.26 Å². The zero-order valence-corrected chi connectivity index (χ0v) is 10.7. The number of benzene rings is 1. The molecule has 2 N–H and O–H groups in total. The summed E-state index contributed by atoms with van der Waals surface area (Å²) in [7, 11) is 0. The Balaban J connectivity index is 2.21. The van der Waals surface area contributed by atoms with Crippen LogP contribution < -0.4 is 10.9 Å². The number of amides is 1. The first-order chi connectivity index (χ1) is 9.47. The van der Waals surface area contributed by atoms with E-state index in [0.29, 0.717) is 0 Å². The van der Waals surface area contributed by atoms with Crippen molar-refractivity contribution in [3.05, 3.63) is 63.2 Å². The lowest BCUT2D eigenvalue weighted by atomic mass is 10.2.